The lowest BCUT2D eigenvalue weighted by molar-refractivity contribution is -0.403. The second-order valence-electron chi connectivity index (χ2n) is 6.50. The van der Waals surface area contributed by atoms with Gasteiger partial charge in [0.2, 0.25) is 0 Å². The summed E-state index contributed by atoms with van der Waals surface area (Å²) >= 11 is 0. The fourth-order valence-electron chi connectivity index (χ4n) is 3.32. The van der Waals surface area contributed by atoms with Gasteiger partial charge in [-0.05, 0) is 19.1 Å². The molecule has 0 atom stereocenters. The average molecular weight is 365 g/mol. The van der Waals surface area contributed by atoms with E-state index in [1.54, 1.807) is 0 Å². The molecule has 2 heterocycles. The molecule has 2 aromatic carbocycles. The third-order valence-corrected chi connectivity index (χ3v) is 4.65. The predicted octanol–water partition coefficient (Wildman–Crippen LogP) is 3.29. The molecule has 4 rings (SSSR count). The maximum absolute atomic E-state index is 10.9. The van der Waals surface area contributed by atoms with E-state index in [-0.39, 0.29) is 6.54 Å². The molecule has 0 spiro atoms. The van der Waals surface area contributed by atoms with Crippen LogP contribution in [0.5, 0.6) is 0 Å². The highest BCUT2D eigenvalue weighted by molar-refractivity contribution is 6.16. The first-order chi connectivity index (χ1) is 13.0. The van der Waals surface area contributed by atoms with Gasteiger partial charge in [-0.1, -0.05) is 36.4 Å². The van der Waals surface area contributed by atoms with E-state index in [1.165, 1.54) is 0 Å². The molecule has 2 aliphatic rings. The van der Waals surface area contributed by atoms with E-state index >= 15 is 0 Å². The highest BCUT2D eigenvalue weighted by atomic mass is 16.7. The second kappa shape index (κ2) is 6.94. The molecule has 2 aromatic rings. The van der Waals surface area contributed by atoms with E-state index in [0.29, 0.717) is 18.9 Å². The fraction of sp³-hybridized carbons (Fsp3) is 0.250. The Hall–Kier alpha value is -3.03. The van der Waals surface area contributed by atoms with Crippen LogP contribution in [0.15, 0.2) is 65.4 Å². The molecule has 0 bridgehead atoms. The Morgan fingerprint density at radius 1 is 1.19 bits per heavy atom. The van der Waals surface area contributed by atoms with Gasteiger partial charge >= 0.3 is 0 Å². The van der Waals surface area contributed by atoms with Crippen LogP contribution in [-0.4, -0.2) is 30.4 Å². The van der Waals surface area contributed by atoms with Gasteiger partial charge in [0.15, 0.2) is 5.79 Å². The molecule has 1 N–H and O–H groups in total. The summed E-state index contributed by atoms with van der Waals surface area (Å²) in [4.78, 5) is 15.1. The van der Waals surface area contributed by atoms with Crippen LogP contribution >= 0.6 is 0 Å². The van der Waals surface area contributed by atoms with Crippen molar-refractivity contribution >= 4 is 11.4 Å². The SMILES string of the molecule is CC1(c2ccc3c(c2)C(c2ccccc2)=NC/C(=C/[N+](=O)[O-])N3)OCCO1. The van der Waals surface area contributed by atoms with Gasteiger partial charge in [0.25, 0.3) is 6.20 Å². The first-order valence-electron chi connectivity index (χ1n) is 8.69. The summed E-state index contributed by atoms with van der Waals surface area (Å²) in [7, 11) is 0. The maximum Gasteiger partial charge on any atom is 0.255 e. The van der Waals surface area contributed by atoms with Crippen LogP contribution in [0.25, 0.3) is 0 Å². The van der Waals surface area contributed by atoms with E-state index in [9.17, 15) is 10.1 Å². The van der Waals surface area contributed by atoms with E-state index in [2.05, 4.69) is 10.3 Å². The molecule has 0 radical (unpaired) electrons. The zero-order valence-electron chi connectivity index (χ0n) is 14.8. The molecule has 7 nitrogen and oxygen atoms in total. The van der Waals surface area contributed by atoms with Crippen molar-refractivity contribution < 1.29 is 14.4 Å². The number of aliphatic imine (C=N–C) groups is 1. The first kappa shape index (κ1) is 17.4. The number of rotatable bonds is 3. The second-order valence-corrected chi connectivity index (χ2v) is 6.50. The summed E-state index contributed by atoms with van der Waals surface area (Å²) in [5.41, 5.74) is 4.64. The zero-order chi connectivity index (χ0) is 18.9. The van der Waals surface area contributed by atoms with E-state index in [1.807, 2.05) is 55.5 Å². The zero-order valence-corrected chi connectivity index (χ0v) is 14.8. The standard InChI is InChI=1S/C20H19N3O4/c1-20(26-9-10-27-20)15-7-8-18-17(11-15)19(14-5-3-2-4-6-14)21-12-16(22-18)13-23(24)25/h2-8,11,13,22H,9-10,12H2,1H3/b16-13-. The first-order valence-corrected chi connectivity index (χ1v) is 8.69. The van der Waals surface area contributed by atoms with Crippen molar-refractivity contribution in [3.63, 3.8) is 0 Å². The third-order valence-electron chi connectivity index (χ3n) is 4.65. The number of ether oxygens (including phenoxy) is 2. The molecule has 27 heavy (non-hydrogen) atoms. The minimum absolute atomic E-state index is 0.194. The van der Waals surface area contributed by atoms with Crippen LogP contribution in [-0.2, 0) is 15.3 Å². The molecule has 0 amide bonds. The Morgan fingerprint density at radius 2 is 1.93 bits per heavy atom. The molecule has 0 aliphatic carbocycles. The Morgan fingerprint density at radius 3 is 2.63 bits per heavy atom. The van der Waals surface area contributed by atoms with Gasteiger partial charge in [-0.3, -0.25) is 15.1 Å². The summed E-state index contributed by atoms with van der Waals surface area (Å²) in [5.74, 6) is -0.803. The van der Waals surface area contributed by atoms with Crippen molar-refractivity contribution in [3.8, 4) is 0 Å². The lowest BCUT2D eigenvalue weighted by atomic mass is 9.96. The van der Waals surface area contributed by atoms with Gasteiger partial charge < -0.3 is 14.8 Å². The third kappa shape index (κ3) is 3.47. The molecule has 1 saturated heterocycles. The smallest absolute Gasteiger partial charge is 0.255 e. The number of anilines is 1. The van der Waals surface area contributed by atoms with Gasteiger partial charge in [0, 0.05) is 22.4 Å². The van der Waals surface area contributed by atoms with Crippen LogP contribution < -0.4 is 5.32 Å². The van der Waals surface area contributed by atoms with Crippen LogP contribution in [0.2, 0.25) is 0 Å². The fourth-order valence-corrected chi connectivity index (χ4v) is 3.32. The summed E-state index contributed by atoms with van der Waals surface area (Å²) in [6.07, 6.45) is 0.958. The van der Waals surface area contributed by atoms with Crippen molar-refractivity contribution in [3.05, 3.63) is 87.2 Å². The molecule has 1 fully saturated rings. The highest BCUT2D eigenvalue weighted by Crippen LogP contribution is 2.35. The Bertz CT molecular complexity index is 931. The quantitative estimate of drug-likeness (QED) is 0.666. The topological polar surface area (TPSA) is 86.0 Å². The van der Waals surface area contributed by atoms with Gasteiger partial charge in [0.05, 0.1) is 30.4 Å². The molecule has 7 heteroatoms. The lowest BCUT2D eigenvalue weighted by Gasteiger charge is -2.24. The van der Waals surface area contributed by atoms with Gasteiger partial charge in [-0.2, -0.15) is 0 Å². The van der Waals surface area contributed by atoms with Crippen molar-refractivity contribution in [2.45, 2.75) is 12.7 Å². The number of nitro groups is 1. The van der Waals surface area contributed by atoms with Crippen LogP contribution in [0.1, 0.15) is 23.6 Å². The summed E-state index contributed by atoms with van der Waals surface area (Å²) in [6.45, 7) is 3.17. The maximum atomic E-state index is 10.9. The summed E-state index contributed by atoms with van der Waals surface area (Å²) in [5, 5.41) is 14.1. The van der Waals surface area contributed by atoms with Crippen LogP contribution in [0.3, 0.4) is 0 Å². The van der Waals surface area contributed by atoms with Crippen LogP contribution in [0.4, 0.5) is 5.69 Å². The molecule has 138 valence electrons. The Kier molecular flexibility index (Phi) is 4.47. The van der Waals surface area contributed by atoms with Gasteiger partial charge in [-0.15, -0.1) is 0 Å². The Labute approximate surface area is 156 Å². The number of nitrogens with zero attached hydrogens (tertiary/aromatic N) is 2. The number of hydrogen-bond donors (Lipinski definition) is 1. The Balaban J connectivity index is 1.85. The molecule has 0 aromatic heterocycles. The molecule has 0 unspecified atom stereocenters. The van der Waals surface area contributed by atoms with Gasteiger partial charge in [-0.25, -0.2) is 0 Å². The van der Waals surface area contributed by atoms with Gasteiger partial charge in [0.1, 0.15) is 5.70 Å². The van der Waals surface area contributed by atoms with Crippen molar-refractivity contribution in [1.29, 1.82) is 0 Å². The largest absolute Gasteiger partial charge is 0.352 e. The molecular formula is C20H19N3O4. The highest BCUT2D eigenvalue weighted by Gasteiger charge is 2.34. The predicted molar refractivity (Wildman–Crippen MR) is 101 cm³/mol. The van der Waals surface area contributed by atoms with E-state index in [4.69, 9.17) is 9.47 Å². The number of benzene rings is 2. The minimum Gasteiger partial charge on any atom is -0.352 e. The average Bonchev–Trinajstić information content (AvgIpc) is 3.03. The van der Waals surface area contributed by atoms with E-state index in [0.717, 1.165) is 34.3 Å². The van der Waals surface area contributed by atoms with Crippen molar-refractivity contribution in [2.75, 3.05) is 25.1 Å². The van der Waals surface area contributed by atoms with E-state index < -0.39 is 10.7 Å². The number of benzodiazepines with no additional fused rings is 1. The lowest BCUT2D eigenvalue weighted by Crippen LogP contribution is -2.23. The van der Waals surface area contributed by atoms with Crippen molar-refractivity contribution in [1.82, 2.24) is 0 Å². The number of hydrogen-bond acceptors (Lipinski definition) is 6. The number of nitrogens with one attached hydrogen (secondary N) is 1. The molecular weight excluding hydrogens is 346 g/mol. The normalized spacial score (nSPS) is 19.7. The minimum atomic E-state index is -0.803. The molecule has 0 saturated carbocycles. The summed E-state index contributed by atoms with van der Waals surface area (Å²) in [6, 6.07) is 15.6. The monoisotopic (exact) mass is 365 g/mol. The van der Waals surface area contributed by atoms with Crippen molar-refractivity contribution in [2.24, 2.45) is 4.99 Å². The van der Waals surface area contributed by atoms with Crippen LogP contribution in [0, 0.1) is 10.1 Å². The number of fused-ring (bicyclic) bond motifs is 1. The summed E-state index contributed by atoms with van der Waals surface area (Å²) < 4.78 is 11.6. The molecule has 2 aliphatic heterocycles.